The Morgan fingerprint density at radius 2 is 1.89 bits per heavy atom. The van der Waals surface area contributed by atoms with E-state index in [2.05, 4.69) is 15.6 Å². The fraction of sp³-hybridized carbons (Fsp3) is 0.407. The number of nitrogens with two attached hydrogens (primary N) is 1. The molecule has 3 aromatic rings. The topological polar surface area (TPSA) is 149 Å². The second kappa shape index (κ2) is 11.9. The maximum Gasteiger partial charge on any atom is 0.307 e. The standard InChI is InChI=1S/C27H35N7O3/c1-3-37-24(35)14-22(27(36)34-12-4-5-13-34)31-15-19-8-11-21-25(17(19)2)33-23(32-21)16-30-20-9-6-18(7-10-20)26(28)29/h6-11,22,30-31H,3-5,12-16H2,1-2H3,(H3,28,29)(H,32,33). The molecule has 0 radical (unpaired) electrons. The highest BCUT2D eigenvalue weighted by Gasteiger charge is 2.28. The molecule has 1 fully saturated rings. The lowest BCUT2D eigenvalue weighted by Crippen LogP contribution is -2.46. The number of hydrogen-bond donors (Lipinski definition) is 5. The summed E-state index contributed by atoms with van der Waals surface area (Å²) < 4.78 is 5.11. The van der Waals surface area contributed by atoms with Gasteiger partial charge in [0.25, 0.3) is 0 Å². The van der Waals surface area contributed by atoms with E-state index in [1.54, 1.807) is 19.1 Å². The van der Waals surface area contributed by atoms with Crippen molar-refractivity contribution in [1.82, 2.24) is 20.2 Å². The van der Waals surface area contributed by atoms with Gasteiger partial charge in [-0.25, -0.2) is 4.98 Å². The molecule has 6 N–H and O–H groups in total. The summed E-state index contributed by atoms with van der Waals surface area (Å²) in [5, 5.41) is 14.1. The number of carbonyl (C=O) groups excluding carboxylic acids is 2. The molecule has 1 aliphatic heterocycles. The number of amidine groups is 1. The van der Waals surface area contributed by atoms with Gasteiger partial charge < -0.3 is 31.0 Å². The molecule has 10 nitrogen and oxygen atoms in total. The zero-order chi connectivity index (χ0) is 26.4. The van der Waals surface area contributed by atoms with Crippen molar-refractivity contribution in [1.29, 1.82) is 5.41 Å². The summed E-state index contributed by atoms with van der Waals surface area (Å²) in [4.78, 5) is 35.2. The smallest absolute Gasteiger partial charge is 0.307 e. The number of rotatable bonds is 11. The van der Waals surface area contributed by atoms with E-state index in [-0.39, 0.29) is 24.1 Å². The molecule has 0 saturated carbocycles. The van der Waals surface area contributed by atoms with Gasteiger partial charge in [0.05, 0.1) is 36.6 Å². The van der Waals surface area contributed by atoms with Crippen molar-refractivity contribution in [3.63, 3.8) is 0 Å². The Bertz CT molecular complexity index is 1260. The number of aryl methyl sites for hydroxylation is 1. The molecule has 37 heavy (non-hydrogen) atoms. The number of likely N-dealkylation sites (tertiary alicyclic amines) is 1. The number of carbonyl (C=O) groups is 2. The molecule has 0 aliphatic carbocycles. The van der Waals surface area contributed by atoms with Crippen LogP contribution in [0.3, 0.4) is 0 Å². The van der Waals surface area contributed by atoms with Crippen molar-refractivity contribution in [3.8, 4) is 0 Å². The summed E-state index contributed by atoms with van der Waals surface area (Å²) in [6, 6.07) is 10.7. The molecule has 1 unspecified atom stereocenters. The second-order valence-corrected chi connectivity index (χ2v) is 9.25. The van der Waals surface area contributed by atoms with Crippen LogP contribution in [0, 0.1) is 12.3 Å². The van der Waals surface area contributed by atoms with E-state index in [4.69, 9.17) is 20.9 Å². The van der Waals surface area contributed by atoms with Crippen LogP contribution >= 0.6 is 0 Å². The molecule has 1 atom stereocenters. The third-order valence-electron chi connectivity index (χ3n) is 6.66. The van der Waals surface area contributed by atoms with Crippen LogP contribution in [0.4, 0.5) is 5.69 Å². The number of amides is 1. The summed E-state index contributed by atoms with van der Waals surface area (Å²) in [6.07, 6.45) is 2.00. The van der Waals surface area contributed by atoms with Gasteiger partial charge in [0.15, 0.2) is 0 Å². The molecule has 1 aromatic heterocycles. The van der Waals surface area contributed by atoms with Crippen LogP contribution < -0.4 is 16.4 Å². The molecular weight excluding hydrogens is 470 g/mol. The second-order valence-electron chi connectivity index (χ2n) is 9.25. The highest BCUT2D eigenvalue weighted by molar-refractivity contribution is 5.95. The Morgan fingerprint density at radius 3 is 2.57 bits per heavy atom. The normalized spacial score (nSPS) is 14.1. The van der Waals surface area contributed by atoms with Crippen LogP contribution in [0.25, 0.3) is 11.0 Å². The fourth-order valence-corrected chi connectivity index (χ4v) is 4.56. The number of H-pyrrole nitrogens is 1. The van der Waals surface area contributed by atoms with Crippen LogP contribution in [0.15, 0.2) is 36.4 Å². The summed E-state index contributed by atoms with van der Waals surface area (Å²) in [5.41, 5.74) is 10.9. The molecular formula is C27H35N7O3. The number of fused-ring (bicyclic) bond motifs is 1. The van der Waals surface area contributed by atoms with Gasteiger partial charge in [-0.05, 0) is 68.1 Å². The molecule has 4 rings (SSSR count). The number of hydrogen-bond acceptors (Lipinski definition) is 7. The lowest BCUT2D eigenvalue weighted by atomic mass is 10.1. The van der Waals surface area contributed by atoms with Gasteiger partial charge >= 0.3 is 5.97 Å². The maximum absolute atomic E-state index is 13.1. The number of nitrogens with one attached hydrogen (secondary N) is 4. The van der Waals surface area contributed by atoms with E-state index < -0.39 is 6.04 Å². The number of imidazole rings is 1. The summed E-state index contributed by atoms with van der Waals surface area (Å²) in [6.45, 7) is 6.48. The van der Waals surface area contributed by atoms with Crippen molar-refractivity contribution in [2.24, 2.45) is 5.73 Å². The molecule has 196 valence electrons. The average molecular weight is 506 g/mol. The number of anilines is 1. The molecule has 1 saturated heterocycles. The van der Waals surface area contributed by atoms with E-state index in [9.17, 15) is 9.59 Å². The van der Waals surface area contributed by atoms with Crippen molar-refractivity contribution in [2.45, 2.75) is 52.2 Å². The van der Waals surface area contributed by atoms with E-state index in [1.807, 2.05) is 36.1 Å². The van der Waals surface area contributed by atoms with E-state index in [0.717, 1.165) is 59.6 Å². The average Bonchev–Trinajstić information content (AvgIpc) is 3.57. The van der Waals surface area contributed by atoms with Gasteiger partial charge in [-0.2, -0.15) is 0 Å². The van der Waals surface area contributed by atoms with Gasteiger partial charge in [-0.15, -0.1) is 0 Å². The molecule has 0 bridgehead atoms. The van der Waals surface area contributed by atoms with Crippen LogP contribution in [0.2, 0.25) is 0 Å². The largest absolute Gasteiger partial charge is 0.466 e. The number of esters is 1. The van der Waals surface area contributed by atoms with Gasteiger partial charge in [0.2, 0.25) is 5.91 Å². The highest BCUT2D eigenvalue weighted by atomic mass is 16.5. The van der Waals surface area contributed by atoms with Crippen molar-refractivity contribution < 1.29 is 14.3 Å². The van der Waals surface area contributed by atoms with Crippen LogP contribution in [0.5, 0.6) is 0 Å². The van der Waals surface area contributed by atoms with Crippen molar-refractivity contribution in [2.75, 3.05) is 25.0 Å². The van der Waals surface area contributed by atoms with Crippen LogP contribution in [0.1, 0.15) is 48.7 Å². The molecule has 0 spiro atoms. The number of nitrogen functional groups attached to an aromatic ring is 1. The Hall–Kier alpha value is -3.92. The highest BCUT2D eigenvalue weighted by Crippen LogP contribution is 2.21. The third kappa shape index (κ3) is 6.45. The zero-order valence-corrected chi connectivity index (χ0v) is 21.4. The lowest BCUT2D eigenvalue weighted by molar-refractivity contribution is -0.147. The number of aromatic nitrogens is 2. The Kier molecular flexibility index (Phi) is 8.39. The van der Waals surface area contributed by atoms with Gasteiger partial charge in [0, 0.05) is 30.9 Å². The first-order valence-electron chi connectivity index (χ1n) is 12.7. The summed E-state index contributed by atoms with van der Waals surface area (Å²) in [7, 11) is 0. The number of aromatic amines is 1. The molecule has 1 aliphatic rings. The Balaban J connectivity index is 1.43. The SMILES string of the molecule is CCOC(=O)CC(NCc1ccc2[nH]c(CNc3ccc(C(=N)N)cc3)nc2c1C)C(=O)N1CCCC1. The van der Waals surface area contributed by atoms with Gasteiger partial charge in [-0.1, -0.05) is 6.07 Å². The third-order valence-corrected chi connectivity index (χ3v) is 6.66. The minimum absolute atomic E-state index is 0.0100. The minimum Gasteiger partial charge on any atom is -0.466 e. The van der Waals surface area contributed by atoms with Gasteiger partial charge in [0.1, 0.15) is 11.7 Å². The van der Waals surface area contributed by atoms with Crippen molar-refractivity contribution in [3.05, 3.63) is 58.9 Å². The minimum atomic E-state index is -0.624. The van der Waals surface area contributed by atoms with E-state index in [1.165, 1.54) is 0 Å². The zero-order valence-electron chi connectivity index (χ0n) is 21.4. The number of ether oxygens (including phenoxy) is 1. The lowest BCUT2D eigenvalue weighted by Gasteiger charge is -2.24. The molecule has 1 amide bonds. The van der Waals surface area contributed by atoms with Crippen LogP contribution in [-0.2, 0) is 27.4 Å². The van der Waals surface area contributed by atoms with E-state index in [0.29, 0.717) is 25.3 Å². The van der Waals surface area contributed by atoms with Crippen molar-refractivity contribution >= 4 is 34.4 Å². The molecule has 2 heterocycles. The first-order chi connectivity index (χ1) is 17.9. The summed E-state index contributed by atoms with van der Waals surface area (Å²) in [5.74, 6) is 0.411. The molecule has 2 aromatic carbocycles. The predicted octanol–water partition coefficient (Wildman–Crippen LogP) is 2.80. The number of benzene rings is 2. The Labute approximate surface area is 216 Å². The van der Waals surface area contributed by atoms with E-state index >= 15 is 0 Å². The number of nitrogens with zero attached hydrogens (tertiary/aromatic N) is 2. The summed E-state index contributed by atoms with van der Waals surface area (Å²) >= 11 is 0. The Morgan fingerprint density at radius 1 is 1.16 bits per heavy atom. The van der Waals surface area contributed by atoms with Crippen LogP contribution in [-0.4, -0.2) is 58.3 Å². The maximum atomic E-state index is 13.1. The molecule has 10 heteroatoms. The monoisotopic (exact) mass is 505 g/mol. The fourth-order valence-electron chi connectivity index (χ4n) is 4.56. The first kappa shape index (κ1) is 26.2. The van der Waals surface area contributed by atoms with Gasteiger partial charge in [-0.3, -0.25) is 15.0 Å². The first-order valence-corrected chi connectivity index (χ1v) is 12.7. The quantitative estimate of drug-likeness (QED) is 0.153. The predicted molar refractivity (Wildman–Crippen MR) is 143 cm³/mol.